The molecule has 9 nitrogen and oxygen atoms in total. The molecule has 1 aromatic carbocycles. The molecular formula is C23H35N5O4. The fourth-order valence-corrected chi connectivity index (χ4v) is 4.36. The Balaban J connectivity index is 1.54. The van der Waals surface area contributed by atoms with E-state index >= 15 is 0 Å². The summed E-state index contributed by atoms with van der Waals surface area (Å²) in [5.41, 5.74) is 7.67. The number of hydrogen-bond donors (Lipinski definition) is 3. The van der Waals surface area contributed by atoms with E-state index in [4.69, 9.17) is 10.5 Å². The van der Waals surface area contributed by atoms with Crippen molar-refractivity contribution in [2.24, 2.45) is 10.7 Å². The molecule has 1 saturated carbocycles. The predicted molar refractivity (Wildman–Crippen MR) is 123 cm³/mol. The zero-order valence-electron chi connectivity index (χ0n) is 18.9. The lowest BCUT2D eigenvalue weighted by Gasteiger charge is -2.34. The largest absolute Gasteiger partial charge is 0.491 e. The first-order valence-corrected chi connectivity index (χ1v) is 11.5. The minimum absolute atomic E-state index is 0.00868. The van der Waals surface area contributed by atoms with Gasteiger partial charge in [0, 0.05) is 38.2 Å². The summed E-state index contributed by atoms with van der Waals surface area (Å²) < 4.78 is 5.95. The Hall–Kier alpha value is -2.81. The number of nitrogens with one attached hydrogen (secondary N) is 1. The molecule has 2 aliphatic rings. The summed E-state index contributed by atoms with van der Waals surface area (Å²) in [5.74, 6) is 0.848. The van der Waals surface area contributed by atoms with E-state index in [1.54, 1.807) is 11.9 Å². The summed E-state index contributed by atoms with van der Waals surface area (Å²) in [4.78, 5) is 32.5. The van der Waals surface area contributed by atoms with Crippen molar-refractivity contribution in [3.63, 3.8) is 0 Å². The fraction of sp³-hybridized carbons (Fsp3) is 0.609. The van der Waals surface area contributed by atoms with E-state index in [-0.39, 0.29) is 37.0 Å². The van der Waals surface area contributed by atoms with E-state index in [1.807, 2.05) is 23.1 Å². The summed E-state index contributed by atoms with van der Waals surface area (Å²) in [7, 11) is 1.59. The third-order valence-corrected chi connectivity index (χ3v) is 6.08. The van der Waals surface area contributed by atoms with Gasteiger partial charge in [0.15, 0.2) is 5.96 Å². The van der Waals surface area contributed by atoms with Crippen LogP contribution in [-0.2, 0) is 16.1 Å². The number of benzene rings is 1. The molecule has 0 unspecified atom stereocenters. The molecule has 9 heteroatoms. The van der Waals surface area contributed by atoms with Crippen LogP contribution < -0.4 is 15.8 Å². The highest BCUT2D eigenvalue weighted by molar-refractivity contribution is 5.89. The van der Waals surface area contributed by atoms with Crippen molar-refractivity contribution < 1.29 is 19.4 Å². The maximum atomic E-state index is 12.8. The molecule has 32 heavy (non-hydrogen) atoms. The van der Waals surface area contributed by atoms with Crippen LogP contribution >= 0.6 is 0 Å². The van der Waals surface area contributed by atoms with Crippen LogP contribution in [0.25, 0.3) is 0 Å². The van der Waals surface area contributed by atoms with Gasteiger partial charge in [0.1, 0.15) is 11.4 Å². The molecule has 1 heterocycles. The molecule has 1 fully saturated rings. The van der Waals surface area contributed by atoms with E-state index in [2.05, 4.69) is 10.3 Å². The first-order chi connectivity index (χ1) is 15.5. The van der Waals surface area contributed by atoms with Gasteiger partial charge in [0.2, 0.25) is 11.8 Å². The SMILES string of the molecule is CNC(=O)CN1Cc2cccc(OCCCC(=O)N(CCO)C3CCCCC3)c2N=C1N. The van der Waals surface area contributed by atoms with Gasteiger partial charge < -0.3 is 30.7 Å². The van der Waals surface area contributed by atoms with E-state index in [1.165, 1.54) is 6.42 Å². The lowest BCUT2D eigenvalue weighted by atomic mass is 9.94. The predicted octanol–water partition coefficient (Wildman–Crippen LogP) is 1.51. The van der Waals surface area contributed by atoms with Crippen LogP contribution in [0.4, 0.5) is 5.69 Å². The molecule has 3 rings (SSSR count). The van der Waals surface area contributed by atoms with Crippen LogP contribution in [0.1, 0.15) is 50.5 Å². The highest BCUT2D eigenvalue weighted by Crippen LogP contribution is 2.35. The standard InChI is InChI=1S/C23H35N5O4/c1-25-20(30)16-27-15-17-7-5-10-19(22(17)26-23(27)24)32-14-6-11-21(31)28(12-13-29)18-8-3-2-4-9-18/h5,7,10,18,29H,2-4,6,8-9,11-16H2,1H3,(H2,24,26)(H,25,30). The highest BCUT2D eigenvalue weighted by atomic mass is 16.5. The number of aliphatic imine (C=N–C) groups is 1. The zero-order chi connectivity index (χ0) is 22.9. The first-order valence-electron chi connectivity index (χ1n) is 11.5. The molecular weight excluding hydrogens is 410 g/mol. The van der Waals surface area contributed by atoms with Crippen molar-refractivity contribution in [1.29, 1.82) is 0 Å². The normalized spacial score (nSPS) is 16.2. The van der Waals surface area contributed by atoms with Crippen molar-refractivity contribution >= 4 is 23.5 Å². The van der Waals surface area contributed by atoms with Gasteiger partial charge in [-0.05, 0) is 25.3 Å². The second-order valence-corrected chi connectivity index (χ2v) is 8.32. The third-order valence-electron chi connectivity index (χ3n) is 6.08. The maximum Gasteiger partial charge on any atom is 0.239 e. The Morgan fingerprint density at radius 2 is 2.09 bits per heavy atom. The highest BCUT2D eigenvalue weighted by Gasteiger charge is 2.25. The van der Waals surface area contributed by atoms with Crippen molar-refractivity contribution in [2.75, 3.05) is 33.4 Å². The lowest BCUT2D eigenvalue weighted by molar-refractivity contribution is -0.135. The van der Waals surface area contributed by atoms with Crippen molar-refractivity contribution in [3.05, 3.63) is 23.8 Å². The number of likely N-dealkylation sites (N-methyl/N-ethyl adjacent to an activating group) is 1. The first kappa shape index (κ1) is 23.8. The second-order valence-electron chi connectivity index (χ2n) is 8.32. The van der Waals surface area contributed by atoms with E-state index in [0.717, 1.165) is 31.2 Å². The quantitative estimate of drug-likeness (QED) is 0.470. The topological polar surface area (TPSA) is 120 Å². The molecule has 0 bridgehead atoms. The zero-order valence-corrected chi connectivity index (χ0v) is 18.9. The number of guanidine groups is 1. The Kier molecular flexibility index (Phi) is 8.72. The average molecular weight is 446 g/mol. The van der Waals surface area contributed by atoms with Crippen LogP contribution in [0.3, 0.4) is 0 Å². The van der Waals surface area contributed by atoms with Gasteiger partial charge in [0.25, 0.3) is 0 Å². The molecule has 0 atom stereocenters. The summed E-state index contributed by atoms with van der Waals surface area (Å²) >= 11 is 0. The molecule has 1 aromatic rings. The average Bonchev–Trinajstić information content (AvgIpc) is 2.81. The van der Waals surface area contributed by atoms with Gasteiger partial charge in [0.05, 0.1) is 19.8 Å². The van der Waals surface area contributed by atoms with E-state index in [0.29, 0.717) is 44.0 Å². The second kappa shape index (κ2) is 11.7. The molecule has 1 aliphatic carbocycles. The van der Waals surface area contributed by atoms with Gasteiger partial charge in [-0.25, -0.2) is 4.99 Å². The number of amides is 2. The van der Waals surface area contributed by atoms with Gasteiger partial charge in [-0.1, -0.05) is 31.4 Å². The molecule has 0 aromatic heterocycles. The molecule has 176 valence electrons. The molecule has 0 saturated heterocycles. The summed E-state index contributed by atoms with van der Waals surface area (Å²) in [6.07, 6.45) is 6.53. The minimum Gasteiger partial charge on any atom is -0.491 e. The lowest BCUT2D eigenvalue weighted by Crippen LogP contribution is -2.44. The van der Waals surface area contributed by atoms with Gasteiger partial charge in [-0.2, -0.15) is 0 Å². The number of rotatable bonds is 10. The number of nitrogens with zero attached hydrogens (tertiary/aromatic N) is 3. The van der Waals surface area contributed by atoms with Crippen LogP contribution in [0, 0.1) is 0 Å². The number of nitrogens with two attached hydrogens (primary N) is 1. The number of aliphatic hydroxyl groups is 1. The molecule has 0 radical (unpaired) electrons. The molecule has 2 amide bonds. The smallest absolute Gasteiger partial charge is 0.239 e. The van der Waals surface area contributed by atoms with Crippen LogP contribution in [0.5, 0.6) is 5.75 Å². The number of fused-ring (bicyclic) bond motifs is 1. The van der Waals surface area contributed by atoms with Crippen molar-refractivity contribution in [3.8, 4) is 5.75 Å². The maximum absolute atomic E-state index is 12.8. The van der Waals surface area contributed by atoms with Crippen LogP contribution in [0.2, 0.25) is 0 Å². The van der Waals surface area contributed by atoms with Crippen molar-refractivity contribution in [1.82, 2.24) is 15.1 Å². The number of ether oxygens (including phenoxy) is 1. The molecule has 1 aliphatic heterocycles. The fourth-order valence-electron chi connectivity index (χ4n) is 4.36. The van der Waals surface area contributed by atoms with E-state index in [9.17, 15) is 14.7 Å². The van der Waals surface area contributed by atoms with Crippen molar-refractivity contribution in [2.45, 2.75) is 57.5 Å². The summed E-state index contributed by atoms with van der Waals surface area (Å²) in [6.45, 7) is 1.40. The van der Waals surface area contributed by atoms with Crippen LogP contribution in [-0.4, -0.2) is 72.1 Å². The van der Waals surface area contributed by atoms with E-state index < -0.39 is 0 Å². The summed E-state index contributed by atoms with van der Waals surface area (Å²) in [6, 6.07) is 5.92. The van der Waals surface area contributed by atoms with Crippen LogP contribution in [0.15, 0.2) is 23.2 Å². The molecule has 4 N–H and O–H groups in total. The number of aliphatic hydroxyl groups excluding tert-OH is 1. The Labute approximate surface area is 189 Å². The van der Waals surface area contributed by atoms with Gasteiger partial charge in [-0.3, -0.25) is 9.59 Å². The number of hydrogen-bond acceptors (Lipinski definition) is 7. The van der Waals surface area contributed by atoms with Gasteiger partial charge >= 0.3 is 0 Å². The Bertz CT molecular complexity index is 823. The Morgan fingerprint density at radius 1 is 1.31 bits per heavy atom. The summed E-state index contributed by atoms with van der Waals surface area (Å²) in [5, 5.41) is 12.0. The van der Waals surface area contributed by atoms with Gasteiger partial charge in [-0.15, -0.1) is 0 Å². The monoisotopic (exact) mass is 445 g/mol. The molecule has 0 spiro atoms. The number of para-hydroxylation sites is 1. The number of carbonyl (C=O) groups is 2. The Morgan fingerprint density at radius 3 is 2.81 bits per heavy atom. The minimum atomic E-state index is -0.132. The third kappa shape index (κ3) is 6.12. The number of carbonyl (C=O) groups excluding carboxylic acids is 2.